The van der Waals surface area contributed by atoms with Crippen LogP contribution >= 0.6 is 0 Å². The normalized spacial score (nSPS) is 12.3. The number of nitrogens with zero attached hydrogens (tertiary/aromatic N) is 3. The van der Waals surface area contributed by atoms with E-state index in [0.29, 0.717) is 18.6 Å². The minimum absolute atomic E-state index is 0.429. The third-order valence-corrected chi connectivity index (χ3v) is 3.21. The molecule has 0 bridgehead atoms. The molecule has 1 atom stereocenters. The molecule has 5 heteroatoms. The second-order valence-corrected chi connectivity index (χ2v) is 4.67. The van der Waals surface area contributed by atoms with Crippen LogP contribution in [0.4, 0.5) is 11.8 Å². The Balaban J connectivity index is 3.01. The monoisotopic (exact) mass is 266 g/mol. The molecule has 1 heterocycles. The Labute approximate surface area is 116 Å². The van der Waals surface area contributed by atoms with E-state index in [0.717, 1.165) is 30.9 Å². The van der Waals surface area contributed by atoms with Crippen molar-refractivity contribution in [2.75, 3.05) is 37.0 Å². The molecular formula is C14H26N4O. The van der Waals surface area contributed by atoms with Crippen LogP contribution in [0.15, 0.2) is 6.20 Å². The maximum absolute atomic E-state index is 5.21. The van der Waals surface area contributed by atoms with E-state index in [1.807, 2.05) is 20.0 Å². The van der Waals surface area contributed by atoms with Crippen molar-refractivity contribution >= 4 is 11.8 Å². The van der Waals surface area contributed by atoms with Gasteiger partial charge >= 0.3 is 0 Å². The maximum Gasteiger partial charge on any atom is 0.224 e. The summed E-state index contributed by atoms with van der Waals surface area (Å²) in [6.07, 6.45) is 2.95. The number of methoxy groups -OCH3 is 1. The van der Waals surface area contributed by atoms with Gasteiger partial charge < -0.3 is 15.0 Å². The zero-order chi connectivity index (χ0) is 14.3. The van der Waals surface area contributed by atoms with E-state index in [1.54, 1.807) is 7.11 Å². The highest BCUT2D eigenvalue weighted by Crippen LogP contribution is 2.21. The second kappa shape index (κ2) is 7.94. The predicted octanol–water partition coefficient (Wildman–Crippen LogP) is 2.47. The molecule has 1 N–H and O–H groups in total. The van der Waals surface area contributed by atoms with Crippen molar-refractivity contribution in [3.8, 4) is 0 Å². The molecule has 108 valence electrons. The SMILES string of the molecule is CCNc1ncc(C)c(N(CCOC)C(C)CC)n1. The zero-order valence-corrected chi connectivity index (χ0v) is 12.7. The Hall–Kier alpha value is -1.36. The minimum Gasteiger partial charge on any atom is -0.383 e. The Bertz CT molecular complexity index is 384. The van der Waals surface area contributed by atoms with Crippen LogP contribution < -0.4 is 10.2 Å². The fraction of sp³-hybridized carbons (Fsp3) is 0.714. The minimum atomic E-state index is 0.429. The van der Waals surface area contributed by atoms with Gasteiger partial charge in [-0.05, 0) is 27.2 Å². The number of aromatic nitrogens is 2. The highest BCUT2D eigenvalue weighted by atomic mass is 16.5. The summed E-state index contributed by atoms with van der Waals surface area (Å²) in [6, 6.07) is 0.429. The van der Waals surface area contributed by atoms with E-state index < -0.39 is 0 Å². The summed E-state index contributed by atoms with van der Waals surface area (Å²) in [5, 5.41) is 3.16. The predicted molar refractivity (Wildman–Crippen MR) is 79.9 cm³/mol. The molecule has 0 amide bonds. The van der Waals surface area contributed by atoms with Gasteiger partial charge in [0, 0.05) is 38.0 Å². The molecule has 0 spiro atoms. The van der Waals surface area contributed by atoms with Crippen molar-refractivity contribution in [3.05, 3.63) is 11.8 Å². The molecule has 0 aliphatic heterocycles. The lowest BCUT2D eigenvalue weighted by Gasteiger charge is -2.30. The van der Waals surface area contributed by atoms with E-state index in [4.69, 9.17) is 4.74 Å². The van der Waals surface area contributed by atoms with Crippen molar-refractivity contribution in [1.82, 2.24) is 9.97 Å². The largest absolute Gasteiger partial charge is 0.383 e. The van der Waals surface area contributed by atoms with Gasteiger partial charge in [0.15, 0.2) is 0 Å². The van der Waals surface area contributed by atoms with Gasteiger partial charge in [-0.25, -0.2) is 4.98 Å². The van der Waals surface area contributed by atoms with Gasteiger partial charge in [0.1, 0.15) is 5.82 Å². The fourth-order valence-electron chi connectivity index (χ4n) is 1.91. The lowest BCUT2D eigenvalue weighted by Crippen LogP contribution is -2.36. The molecule has 0 radical (unpaired) electrons. The van der Waals surface area contributed by atoms with Crippen molar-refractivity contribution in [1.29, 1.82) is 0 Å². The molecule has 1 aromatic rings. The topological polar surface area (TPSA) is 50.3 Å². The molecule has 0 saturated heterocycles. The summed E-state index contributed by atoms with van der Waals surface area (Å²) in [5.74, 6) is 1.69. The summed E-state index contributed by atoms with van der Waals surface area (Å²) < 4.78 is 5.21. The summed E-state index contributed by atoms with van der Waals surface area (Å²) in [6.45, 7) is 10.9. The van der Waals surface area contributed by atoms with Crippen LogP contribution in [0.2, 0.25) is 0 Å². The van der Waals surface area contributed by atoms with Crippen LogP contribution in [-0.4, -0.2) is 42.8 Å². The van der Waals surface area contributed by atoms with Gasteiger partial charge in [-0.3, -0.25) is 0 Å². The van der Waals surface area contributed by atoms with E-state index in [1.165, 1.54) is 0 Å². The van der Waals surface area contributed by atoms with Crippen LogP contribution in [0.3, 0.4) is 0 Å². The lowest BCUT2D eigenvalue weighted by molar-refractivity contribution is 0.203. The molecule has 0 fully saturated rings. The second-order valence-electron chi connectivity index (χ2n) is 4.67. The van der Waals surface area contributed by atoms with Crippen molar-refractivity contribution in [2.45, 2.75) is 40.2 Å². The summed E-state index contributed by atoms with van der Waals surface area (Å²) in [5.41, 5.74) is 1.10. The Morgan fingerprint density at radius 3 is 2.74 bits per heavy atom. The molecule has 19 heavy (non-hydrogen) atoms. The highest BCUT2D eigenvalue weighted by Gasteiger charge is 2.17. The van der Waals surface area contributed by atoms with Crippen molar-refractivity contribution < 1.29 is 4.74 Å². The number of nitrogens with one attached hydrogen (secondary N) is 1. The van der Waals surface area contributed by atoms with E-state index >= 15 is 0 Å². The van der Waals surface area contributed by atoms with E-state index in [9.17, 15) is 0 Å². The molecular weight excluding hydrogens is 240 g/mol. The van der Waals surface area contributed by atoms with Crippen LogP contribution in [0, 0.1) is 6.92 Å². The number of anilines is 2. The van der Waals surface area contributed by atoms with Gasteiger partial charge in [0.05, 0.1) is 6.61 Å². The molecule has 1 rings (SSSR count). The Morgan fingerprint density at radius 1 is 1.42 bits per heavy atom. The smallest absolute Gasteiger partial charge is 0.224 e. The average molecular weight is 266 g/mol. The Kier molecular flexibility index (Phi) is 6.56. The molecule has 0 saturated carbocycles. The molecule has 1 aromatic heterocycles. The van der Waals surface area contributed by atoms with Crippen molar-refractivity contribution in [3.63, 3.8) is 0 Å². The summed E-state index contributed by atoms with van der Waals surface area (Å²) >= 11 is 0. The quantitative estimate of drug-likeness (QED) is 0.783. The van der Waals surface area contributed by atoms with Gasteiger partial charge in [0.25, 0.3) is 0 Å². The molecule has 0 aromatic carbocycles. The first-order valence-corrected chi connectivity index (χ1v) is 6.97. The molecule has 0 aliphatic rings. The number of hydrogen-bond acceptors (Lipinski definition) is 5. The molecule has 1 unspecified atom stereocenters. The van der Waals surface area contributed by atoms with Gasteiger partial charge in [-0.2, -0.15) is 4.98 Å². The summed E-state index contributed by atoms with van der Waals surface area (Å²) in [4.78, 5) is 11.2. The zero-order valence-electron chi connectivity index (χ0n) is 12.7. The molecule has 0 aliphatic carbocycles. The lowest BCUT2D eigenvalue weighted by atomic mass is 10.2. The van der Waals surface area contributed by atoms with Gasteiger partial charge in [-0.1, -0.05) is 6.92 Å². The van der Waals surface area contributed by atoms with Crippen LogP contribution in [0.25, 0.3) is 0 Å². The highest BCUT2D eigenvalue weighted by molar-refractivity contribution is 5.49. The van der Waals surface area contributed by atoms with Crippen LogP contribution in [-0.2, 0) is 4.74 Å². The van der Waals surface area contributed by atoms with Crippen LogP contribution in [0.1, 0.15) is 32.8 Å². The third kappa shape index (κ3) is 4.35. The average Bonchev–Trinajstić information content (AvgIpc) is 2.42. The van der Waals surface area contributed by atoms with Gasteiger partial charge in [0.2, 0.25) is 5.95 Å². The first kappa shape index (κ1) is 15.7. The number of rotatable bonds is 8. The fourth-order valence-corrected chi connectivity index (χ4v) is 1.91. The first-order chi connectivity index (χ1) is 9.13. The maximum atomic E-state index is 5.21. The number of aryl methyl sites for hydroxylation is 1. The molecule has 5 nitrogen and oxygen atoms in total. The summed E-state index contributed by atoms with van der Waals surface area (Å²) in [7, 11) is 1.73. The van der Waals surface area contributed by atoms with Crippen molar-refractivity contribution in [2.24, 2.45) is 0 Å². The number of hydrogen-bond donors (Lipinski definition) is 1. The van der Waals surface area contributed by atoms with E-state index in [-0.39, 0.29) is 0 Å². The first-order valence-electron chi connectivity index (χ1n) is 6.97. The van der Waals surface area contributed by atoms with Gasteiger partial charge in [-0.15, -0.1) is 0 Å². The third-order valence-electron chi connectivity index (χ3n) is 3.21. The Morgan fingerprint density at radius 2 is 2.16 bits per heavy atom. The standard InChI is InChI=1S/C14H26N4O/c1-6-12(4)18(8-9-19-5)13-11(3)10-16-14(17-13)15-7-2/h10,12H,6-9H2,1-5H3,(H,15,16,17). The van der Waals surface area contributed by atoms with Crippen LogP contribution in [0.5, 0.6) is 0 Å². The number of ether oxygens (including phenoxy) is 1. The van der Waals surface area contributed by atoms with E-state index in [2.05, 4.69) is 34.0 Å².